The van der Waals surface area contributed by atoms with Crippen molar-refractivity contribution in [1.29, 1.82) is 0 Å². The van der Waals surface area contributed by atoms with Crippen molar-refractivity contribution < 1.29 is 18.1 Å². The van der Waals surface area contributed by atoms with Crippen molar-refractivity contribution in [3.05, 3.63) is 69.3 Å². The number of nitro groups is 1. The Bertz CT molecular complexity index is 1050. The molecule has 1 aliphatic rings. The minimum atomic E-state index is -3.83. The standard InChI is InChI=1S/C20H23N3O5S/c1-14-10-11-16(23(25)26)12-19(14)22(29(2,27)28)13-20(24)21-18-9-5-7-15-6-3-4-8-17(15)18/h3-4,6,8,10-12,18H,5,7,9,13H2,1-2H3,(H,21,24)/t18-/m1/s1. The lowest BCUT2D eigenvalue weighted by molar-refractivity contribution is -0.384. The molecule has 0 fully saturated rings. The second-order valence-electron chi connectivity index (χ2n) is 7.21. The summed E-state index contributed by atoms with van der Waals surface area (Å²) in [5.41, 5.74) is 2.64. The molecule has 1 aliphatic carbocycles. The smallest absolute Gasteiger partial charge is 0.271 e. The van der Waals surface area contributed by atoms with Crippen molar-refractivity contribution in [2.24, 2.45) is 0 Å². The summed E-state index contributed by atoms with van der Waals surface area (Å²) in [5.74, 6) is -0.456. The number of nitrogens with one attached hydrogen (secondary N) is 1. The maximum atomic E-state index is 12.7. The molecule has 0 aromatic heterocycles. The number of hydrogen-bond donors (Lipinski definition) is 1. The fraction of sp³-hybridized carbons (Fsp3) is 0.350. The van der Waals surface area contributed by atoms with Gasteiger partial charge in [-0.15, -0.1) is 0 Å². The molecule has 9 heteroatoms. The van der Waals surface area contributed by atoms with Crippen molar-refractivity contribution >= 4 is 27.3 Å². The predicted molar refractivity (Wildman–Crippen MR) is 110 cm³/mol. The summed E-state index contributed by atoms with van der Waals surface area (Å²) in [4.78, 5) is 23.2. The Morgan fingerprint density at radius 1 is 1.28 bits per heavy atom. The third kappa shape index (κ3) is 4.73. The van der Waals surface area contributed by atoms with Crippen LogP contribution in [0.2, 0.25) is 0 Å². The van der Waals surface area contributed by atoms with E-state index in [2.05, 4.69) is 5.32 Å². The Labute approximate surface area is 169 Å². The van der Waals surface area contributed by atoms with E-state index in [-0.39, 0.29) is 17.4 Å². The Morgan fingerprint density at radius 3 is 2.69 bits per heavy atom. The van der Waals surface area contributed by atoms with E-state index < -0.39 is 27.4 Å². The maximum Gasteiger partial charge on any atom is 0.271 e. The molecule has 0 radical (unpaired) electrons. The molecule has 2 aromatic rings. The number of nitrogens with zero attached hydrogens (tertiary/aromatic N) is 2. The van der Waals surface area contributed by atoms with Crippen molar-refractivity contribution in [3.63, 3.8) is 0 Å². The second kappa shape index (κ2) is 8.20. The summed E-state index contributed by atoms with van der Waals surface area (Å²) in [5, 5.41) is 14.0. The number of fused-ring (bicyclic) bond motifs is 1. The molecule has 0 spiro atoms. The predicted octanol–water partition coefficient (Wildman–Crippen LogP) is 2.86. The minimum absolute atomic E-state index is 0.126. The van der Waals surface area contributed by atoms with Gasteiger partial charge in [0.05, 0.1) is 22.9 Å². The zero-order chi connectivity index (χ0) is 21.2. The van der Waals surface area contributed by atoms with Crippen LogP contribution in [-0.2, 0) is 21.2 Å². The Morgan fingerprint density at radius 2 is 2.00 bits per heavy atom. The van der Waals surface area contributed by atoms with Crippen molar-refractivity contribution in [2.45, 2.75) is 32.2 Å². The number of amides is 1. The first-order valence-corrected chi connectivity index (χ1v) is 11.1. The van der Waals surface area contributed by atoms with Crippen LogP contribution in [0, 0.1) is 17.0 Å². The van der Waals surface area contributed by atoms with E-state index in [1.165, 1.54) is 23.8 Å². The molecule has 2 aromatic carbocycles. The van der Waals surface area contributed by atoms with Crippen LogP contribution in [0.4, 0.5) is 11.4 Å². The lowest BCUT2D eigenvalue weighted by Crippen LogP contribution is -2.42. The number of sulfonamides is 1. The zero-order valence-electron chi connectivity index (χ0n) is 16.3. The lowest BCUT2D eigenvalue weighted by Gasteiger charge is -2.28. The molecule has 0 heterocycles. The molecular formula is C20H23N3O5S. The molecule has 0 saturated heterocycles. The normalized spacial score (nSPS) is 16.0. The average molecular weight is 417 g/mol. The molecule has 1 N–H and O–H groups in total. The van der Waals surface area contributed by atoms with Crippen LogP contribution in [-0.4, -0.2) is 32.0 Å². The molecule has 0 saturated carbocycles. The highest BCUT2D eigenvalue weighted by Gasteiger charge is 2.27. The molecular weight excluding hydrogens is 394 g/mol. The first-order chi connectivity index (χ1) is 13.7. The van der Waals surface area contributed by atoms with Gasteiger partial charge in [-0.05, 0) is 42.9 Å². The van der Waals surface area contributed by atoms with Gasteiger partial charge in [-0.25, -0.2) is 8.42 Å². The van der Waals surface area contributed by atoms with Gasteiger partial charge in [-0.2, -0.15) is 0 Å². The number of hydrogen-bond acceptors (Lipinski definition) is 5. The molecule has 3 rings (SSSR count). The van der Waals surface area contributed by atoms with Crippen LogP contribution in [0.15, 0.2) is 42.5 Å². The van der Waals surface area contributed by atoms with Crippen molar-refractivity contribution in [3.8, 4) is 0 Å². The molecule has 1 atom stereocenters. The van der Waals surface area contributed by atoms with Crippen LogP contribution in [0.5, 0.6) is 0 Å². The number of nitro benzene ring substituents is 1. The minimum Gasteiger partial charge on any atom is -0.348 e. The van der Waals surface area contributed by atoms with E-state index in [1.54, 1.807) is 6.92 Å². The van der Waals surface area contributed by atoms with Crippen LogP contribution >= 0.6 is 0 Å². The zero-order valence-corrected chi connectivity index (χ0v) is 17.1. The number of anilines is 1. The Hall–Kier alpha value is -2.94. The third-order valence-corrected chi connectivity index (χ3v) is 6.19. The van der Waals surface area contributed by atoms with Crippen molar-refractivity contribution in [2.75, 3.05) is 17.1 Å². The van der Waals surface area contributed by atoms with Gasteiger partial charge in [0, 0.05) is 12.1 Å². The van der Waals surface area contributed by atoms with E-state index in [0.717, 1.165) is 35.4 Å². The highest BCUT2D eigenvalue weighted by Crippen LogP contribution is 2.30. The number of carbonyl (C=O) groups excluding carboxylic acids is 1. The van der Waals surface area contributed by atoms with Gasteiger partial charge in [-0.3, -0.25) is 19.2 Å². The van der Waals surface area contributed by atoms with E-state index in [0.29, 0.717) is 5.56 Å². The summed E-state index contributed by atoms with van der Waals surface area (Å²) in [6.07, 6.45) is 3.64. The maximum absolute atomic E-state index is 12.7. The Kier molecular flexibility index (Phi) is 5.88. The highest BCUT2D eigenvalue weighted by molar-refractivity contribution is 7.92. The molecule has 0 bridgehead atoms. The van der Waals surface area contributed by atoms with Crippen molar-refractivity contribution in [1.82, 2.24) is 5.32 Å². The van der Waals surface area contributed by atoms with Crippen LogP contribution in [0.3, 0.4) is 0 Å². The number of aryl methyl sites for hydroxylation is 2. The summed E-state index contributed by atoms with van der Waals surface area (Å²) >= 11 is 0. The molecule has 1 amide bonds. The summed E-state index contributed by atoms with van der Waals surface area (Å²) in [6, 6.07) is 11.7. The number of rotatable bonds is 6. The molecule has 154 valence electrons. The van der Waals surface area contributed by atoms with Crippen LogP contribution < -0.4 is 9.62 Å². The summed E-state index contributed by atoms with van der Waals surface area (Å²) < 4.78 is 25.7. The first-order valence-electron chi connectivity index (χ1n) is 9.26. The van der Waals surface area contributed by atoms with E-state index in [9.17, 15) is 23.3 Å². The van der Waals surface area contributed by atoms with Gasteiger partial charge >= 0.3 is 0 Å². The quantitative estimate of drug-likeness (QED) is 0.574. The van der Waals surface area contributed by atoms with Gasteiger partial charge in [0.2, 0.25) is 15.9 Å². The SMILES string of the molecule is Cc1ccc([N+](=O)[O-])cc1N(CC(=O)N[C@@H]1CCCc2ccccc21)S(C)(=O)=O. The van der Waals surface area contributed by atoms with Crippen LogP contribution in [0.1, 0.15) is 35.6 Å². The van der Waals surface area contributed by atoms with Gasteiger partial charge in [0.25, 0.3) is 5.69 Å². The number of benzene rings is 2. The highest BCUT2D eigenvalue weighted by atomic mass is 32.2. The van der Waals surface area contributed by atoms with Gasteiger partial charge in [-0.1, -0.05) is 30.3 Å². The third-order valence-electron chi connectivity index (χ3n) is 5.06. The average Bonchev–Trinajstić information content (AvgIpc) is 2.66. The monoisotopic (exact) mass is 417 g/mol. The first kappa shape index (κ1) is 20.8. The lowest BCUT2D eigenvalue weighted by atomic mass is 9.88. The molecule has 29 heavy (non-hydrogen) atoms. The van der Waals surface area contributed by atoms with Gasteiger partial charge in [0.15, 0.2) is 0 Å². The number of carbonyl (C=O) groups is 1. The largest absolute Gasteiger partial charge is 0.348 e. The van der Waals surface area contributed by atoms with E-state index >= 15 is 0 Å². The Balaban J connectivity index is 1.85. The topological polar surface area (TPSA) is 110 Å². The van der Waals surface area contributed by atoms with Crippen LogP contribution in [0.25, 0.3) is 0 Å². The molecule has 0 aliphatic heterocycles. The fourth-order valence-electron chi connectivity index (χ4n) is 3.64. The van der Waals surface area contributed by atoms with Gasteiger partial charge < -0.3 is 5.32 Å². The fourth-order valence-corrected chi connectivity index (χ4v) is 4.54. The summed E-state index contributed by atoms with van der Waals surface area (Å²) in [7, 11) is -3.83. The number of non-ortho nitro benzene ring substituents is 1. The van der Waals surface area contributed by atoms with Gasteiger partial charge in [0.1, 0.15) is 6.54 Å². The molecule has 0 unspecified atom stereocenters. The summed E-state index contributed by atoms with van der Waals surface area (Å²) in [6.45, 7) is 1.20. The van der Waals surface area contributed by atoms with E-state index in [4.69, 9.17) is 0 Å². The molecule has 8 nitrogen and oxygen atoms in total. The second-order valence-corrected chi connectivity index (χ2v) is 9.12. The van der Waals surface area contributed by atoms with E-state index in [1.807, 2.05) is 24.3 Å².